The molecule has 0 fully saturated rings. The van der Waals surface area contributed by atoms with E-state index in [1.807, 2.05) is 19.9 Å². The lowest BCUT2D eigenvalue weighted by Gasteiger charge is -2.32. The van der Waals surface area contributed by atoms with Gasteiger partial charge in [-0.1, -0.05) is 18.2 Å². The minimum absolute atomic E-state index is 0.0957. The van der Waals surface area contributed by atoms with Crippen LogP contribution in [-0.4, -0.2) is 64.2 Å². The van der Waals surface area contributed by atoms with Crippen molar-refractivity contribution in [1.82, 2.24) is 10.2 Å². The number of nitrogens with zero attached hydrogens (tertiary/aromatic N) is 2. The van der Waals surface area contributed by atoms with E-state index in [-0.39, 0.29) is 24.2 Å². The lowest BCUT2D eigenvalue weighted by atomic mass is 10.1. The van der Waals surface area contributed by atoms with Crippen LogP contribution < -0.4 is 19.1 Å². The van der Waals surface area contributed by atoms with Gasteiger partial charge in [-0.3, -0.25) is 13.9 Å². The van der Waals surface area contributed by atoms with E-state index in [4.69, 9.17) is 9.47 Å². The van der Waals surface area contributed by atoms with Crippen molar-refractivity contribution < 1.29 is 27.5 Å². The average molecular weight is 492 g/mol. The van der Waals surface area contributed by atoms with E-state index >= 15 is 0 Å². The van der Waals surface area contributed by atoms with E-state index in [2.05, 4.69) is 5.32 Å². The van der Waals surface area contributed by atoms with Gasteiger partial charge >= 0.3 is 0 Å². The molecule has 0 aromatic heterocycles. The largest absolute Gasteiger partial charge is 0.497 e. The number of carbonyl (C=O) groups is 2. The summed E-state index contributed by atoms with van der Waals surface area (Å²) in [4.78, 5) is 27.6. The number of carbonyl (C=O) groups excluding carboxylic acids is 2. The highest BCUT2D eigenvalue weighted by molar-refractivity contribution is 7.92. The third-order valence-electron chi connectivity index (χ3n) is 5.11. The van der Waals surface area contributed by atoms with Crippen LogP contribution in [0.15, 0.2) is 48.5 Å². The number of rotatable bonds is 11. The quantitative estimate of drug-likeness (QED) is 0.518. The number of anilines is 1. The zero-order valence-corrected chi connectivity index (χ0v) is 21.3. The Bertz CT molecular complexity index is 1100. The highest BCUT2D eigenvalue weighted by Crippen LogP contribution is 2.24. The lowest BCUT2D eigenvalue weighted by molar-refractivity contribution is -0.139. The molecule has 2 rings (SSSR count). The maximum absolute atomic E-state index is 13.5. The summed E-state index contributed by atoms with van der Waals surface area (Å²) >= 11 is 0. The second-order valence-corrected chi connectivity index (χ2v) is 10.1. The first kappa shape index (κ1) is 27.0. The number of hydrogen-bond donors (Lipinski definition) is 1. The zero-order chi connectivity index (χ0) is 25.5. The third-order valence-corrected chi connectivity index (χ3v) is 6.25. The highest BCUT2D eigenvalue weighted by Gasteiger charge is 2.30. The molecule has 10 heteroatoms. The van der Waals surface area contributed by atoms with Gasteiger partial charge in [0.2, 0.25) is 21.8 Å². The van der Waals surface area contributed by atoms with Crippen LogP contribution in [0, 0.1) is 0 Å². The molecule has 0 heterocycles. The first-order valence-corrected chi connectivity index (χ1v) is 12.7. The Kier molecular flexibility index (Phi) is 9.31. The van der Waals surface area contributed by atoms with E-state index in [9.17, 15) is 18.0 Å². The van der Waals surface area contributed by atoms with Crippen LogP contribution >= 0.6 is 0 Å². The van der Waals surface area contributed by atoms with Crippen molar-refractivity contribution in [1.29, 1.82) is 0 Å². The van der Waals surface area contributed by atoms with Crippen molar-refractivity contribution in [2.24, 2.45) is 0 Å². The number of amides is 2. The number of hydrogen-bond acceptors (Lipinski definition) is 6. The first-order chi connectivity index (χ1) is 16.0. The molecule has 2 aromatic carbocycles. The summed E-state index contributed by atoms with van der Waals surface area (Å²) in [6.45, 7) is 4.89. The van der Waals surface area contributed by atoms with Gasteiger partial charge in [-0.15, -0.1) is 0 Å². The fourth-order valence-electron chi connectivity index (χ4n) is 3.33. The second kappa shape index (κ2) is 11.7. The monoisotopic (exact) mass is 491 g/mol. The highest BCUT2D eigenvalue weighted by atomic mass is 32.2. The van der Waals surface area contributed by atoms with Gasteiger partial charge < -0.3 is 19.7 Å². The summed E-state index contributed by atoms with van der Waals surface area (Å²) < 4.78 is 36.7. The molecule has 9 nitrogen and oxygen atoms in total. The van der Waals surface area contributed by atoms with E-state index in [1.54, 1.807) is 50.4 Å². The van der Waals surface area contributed by atoms with Crippen LogP contribution in [0.1, 0.15) is 26.3 Å². The molecule has 0 aliphatic rings. The Morgan fingerprint density at radius 3 is 2.12 bits per heavy atom. The summed E-state index contributed by atoms with van der Waals surface area (Å²) in [5.41, 5.74) is 1.03. The fraction of sp³-hybridized carbons (Fsp3) is 0.417. The van der Waals surface area contributed by atoms with Gasteiger partial charge in [-0.05, 0) is 50.6 Å². The van der Waals surface area contributed by atoms with Crippen LogP contribution in [0.3, 0.4) is 0 Å². The first-order valence-electron chi connectivity index (χ1n) is 10.8. The molecule has 0 spiro atoms. The molecule has 0 aliphatic heterocycles. The molecular weight excluding hydrogens is 458 g/mol. The van der Waals surface area contributed by atoms with Crippen molar-refractivity contribution in [2.45, 2.75) is 39.4 Å². The van der Waals surface area contributed by atoms with E-state index in [0.29, 0.717) is 11.5 Å². The van der Waals surface area contributed by atoms with Crippen LogP contribution in [0.25, 0.3) is 0 Å². The molecule has 0 saturated carbocycles. The Balaban J connectivity index is 2.41. The Morgan fingerprint density at radius 1 is 0.971 bits per heavy atom. The van der Waals surface area contributed by atoms with Crippen LogP contribution in [0.2, 0.25) is 0 Å². The molecule has 2 aromatic rings. The minimum Gasteiger partial charge on any atom is -0.497 e. The number of ether oxygens (including phenoxy) is 2. The standard InChI is InChI=1S/C24H33N3O6S/c1-17(2)25-24(29)18(3)26(15-19-9-7-11-21(13-19)32-4)23(28)16-27(34(6,30)31)20-10-8-12-22(14-20)33-5/h7-14,17-18H,15-16H2,1-6H3,(H,25,29). The van der Waals surface area contributed by atoms with Crippen LogP contribution in [0.5, 0.6) is 11.5 Å². The molecule has 1 N–H and O–H groups in total. The summed E-state index contributed by atoms with van der Waals surface area (Å²) in [6.07, 6.45) is 1.03. The van der Waals surface area contributed by atoms with Gasteiger partial charge in [0.05, 0.1) is 26.2 Å². The van der Waals surface area contributed by atoms with Crippen LogP contribution in [0.4, 0.5) is 5.69 Å². The number of nitrogens with one attached hydrogen (secondary N) is 1. The van der Waals surface area contributed by atoms with Crippen molar-refractivity contribution in [3.05, 3.63) is 54.1 Å². The van der Waals surface area contributed by atoms with E-state index < -0.39 is 28.5 Å². The average Bonchev–Trinajstić information content (AvgIpc) is 2.79. The van der Waals surface area contributed by atoms with Crippen molar-refractivity contribution in [3.63, 3.8) is 0 Å². The van der Waals surface area contributed by atoms with E-state index in [0.717, 1.165) is 16.1 Å². The summed E-state index contributed by atoms with van der Waals surface area (Å²) in [7, 11) is -0.798. The van der Waals surface area contributed by atoms with Gasteiger partial charge in [-0.2, -0.15) is 0 Å². The molecule has 1 atom stereocenters. The molecule has 34 heavy (non-hydrogen) atoms. The molecule has 1 unspecified atom stereocenters. The minimum atomic E-state index is -3.81. The normalized spacial score (nSPS) is 12.1. The SMILES string of the molecule is COc1cccc(CN(C(=O)CN(c2cccc(OC)c2)S(C)(=O)=O)C(C)C(=O)NC(C)C)c1. The predicted octanol–water partition coefficient (Wildman–Crippen LogP) is 2.41. The number of methoxy groups -OCH3 is 2. The Hall–Kier alpha value is -3.27. The molecule has 0 aliphatic carbocycles. The Morgan fingerprint density at radius 2 is 1.56 bits per heavy atom. The third kappa shape index (κ3) is 7.38. The summed E-state index contributed by atoms with van der Waals surface area (Å²) in [5.74, 6) is 0.204. The lowest BCUT2D eigenvalue weighted by Crippen LogP contribution is -2.52. The topological polar surface area (TPSA) is 105 Å². The van der Waals surface area contributed by atoms with Gasteiger partial charge in [0.1, 0.15) is 24.1 Å². The number of sulfonamides is 1. The van der Waals surface area contributed by atoms with Gasteiger partial charge in [0.15, 0.2) is 0 Å². The molecule has 0 saturated heterocycles. The number of benzene rings is 2. The molecular formula is C24H33N3O6S. The fourth-order valence-corrected chi connectivity index (χ4v) is 4.18. The van der Waals surface area contributed by atoms with Gasteiger partial charge in [-0.25, -0.2) is 8.42 Å². The maximum atomic E-state index is 13.5. The molecule has 0 radical (unpaired) electrons. The van der Waals surface area contributed by atoms with Crippen molar-refractivity contribution in [3.8, 4) is 11.5 Å². The smallest absolute Gasteiger partial charge is 0.244 e. The van der Waals surface area contributed by atoms with Crippen molar-refractivity contribution in [2.75, 3.05) is 31.3 Å². The van der Waals surface area contributed by atoms with Crippen molar-refractivity contribution >= 4 is 27.5 Å². The molecule has 0 bridgehead atoms. The zero-order valence-electron chi connectivity index (χ0n) is 20.4. The van der Waals surface area contributed by atoms with Gasteiger partial charge in [0, 0.05) is 18.7 Å². The Labute approximate surface area is 201 Å². The maximum Gasteiger partial charge on any atom is 0.244 e. The predicted molar refractivity (Wildman–Crippen MR) is 131 cm³/mol. The van der Waals surface area contributed by atoms with Gasteiger partial charge in [0.25, 0.3) is 0 Å². The molecule has 186 valence electrons. The summed E-state index contributed by atoms with van der Waals surface area (Å²) in [6, 6.07) is 12.6. The summed E-state index contributed by atoms with van der Waals surface area (Å²) in [5, 5.41) is 2.81. The van der Waals surface area contributed by atoms with E-state index in [1.165, 1.54) is 18.1 Å². The van der Waals surface area contributed by atoms with Crippen LogP contribution in [-0.2, 0) is 26.2 Å². The second-order valence-electron chi connectivity index (χ2n) is 8.18. The molecule has 2 amide bonds.